The molecule has 0 heterocycles. The maximum atomic E-state index is 11.5. The molecule has 0 amide bonds. The number of rotatable bonds is 12. The molecule has 152 valence electrons. The van der Waals surface area contributed by atoms with Crippen molar-refractivity contribution < 1.29 is 40.9 Å². The van der Waals surface area contributed by atoms with Crippen LogP contribution in [-0.4, -0.2) is 55.7 Å². The second-order valence-corrected chi connectivity index (χ2v) is 13.8. The fraction of sp³-hybridized carbons (Fsp3) is 1.00. The van der Waals surface area contributed by atoms with Crippen molar-refractivity contribution in [1.29, 1.82) is 0 Å². The van der Waals surface area contributed by atoms with E-state index in [4.69, 9.17) is 0 Å². The zero-order chi connectivity index (χ0) is 20.1. The fourth-order valence-electron chi connectivity index (χ4n) is 1.25. The Bertz CT molecular complexity index is 761. The molecule has 0 rings (SSSR count). The van der Waals surface area contributed by atoms with Crippen molar-refractivity contribution in [2.24, 2.45) is 0 Å². The van der Waals surface area contributed by atoms with Crippen LogP contribution in [0.25, 0.3) is 0 Å². The lowest BCUT2D eigenvalue weighted by Gasteiger charge is -2.09. The lowest BCUT2D eigenvalue weighted by atomic mass is 10.3. The molecule has 0 radical (unpaired) electrons. The summed E-state index contributed by atoms with van der Waals surface area (Å²) < 4.78 is 100. The smallest absolute Gasteiger partial charge is 0.198 e. The van der Waals surface area contributed by atoms with Gasteiger partial charge in [0.1, 0.15) is 0 Å². The molecule has 10 nitrogen and oxygen atoms in total. The molecule has 0 aliphatic heterocycles. The van der Waals surface area contributed by atoms with Crippen LogP contribution in [0.2, 0.25) is 0 Å². The van der Waals surface area contributed by atoms with E-state index in [-0.39, 0.29) is 19.3 Å². The molecule has 0 aliphatic carbocycles. The van der Waals surface area contributed by atoms with Gasteiger partial charge in [0.2, 0.25) is 0 Å². The van der Waals surface area contributed by atoms with Crippen LogP contribution in [0.15, 0.2) is 0 Å². The minimum absolute atomic E-state index is 0.0532. The van der Waals surface area contributed by atoms with Crippen molar-refractivity contribution in [1.82, 2.24) is 0 Å². The van der Waals surface area contributed by atoms with E-state index in [1.807, 2.05) is 0 Å². The summed E-state index contributed by atoms with van der Waals surface area (Å²) in [6, 6.07) is 0. The van der Waals surface area contributed by atoms with E-state index in [0.29, 0.717) is 0 Å². The first kappa shape index (κ1) is 24.7. The van der Waals surface area contributed by atoms with E-state index in [9.17, 15) is 33.7 Å². The Morgan fingerprint density at radius 3 is 1.08 bits per heavy atom. The summed E-state index contributed by atoms with van der Waals surface area (Å²) in [6.07, 6.45) is -0.0145. The average molecular weight is 445 g/mol. The third-order valence-corrected chi connectivity index (χ3v) is 9.90. The van der Waals surface area contributed by atoms with Crippen molar-refractivity contribution in [2.75, 3.05) is 11.5 Å². The molecule has 0 saturated heterocycles. The summed E-state index contributed by atoms with van der Waals surface area (Å²) in [5.74, 6) is -1.21. The molecule has 0 N–H and O–H groups in total. The quantitative estimate of drug-likeness (QED) is 0.384. The van der Waals surface area contributed by atoms with E-state index >= 15 is 0 Å². The van der Waals surface area contributed by atoms with Crippen molar-refractivity contribution >= 4 is 40.5 Å². The third-order valence-electron chi connectivity index (χ3n) is 2.84. The minimum atomic E-state index is -4.30. The lowest BCUT2D eigenvalue weighted by molar-refractivity contribution is 0.453. The molecule has 0 fully saturated rings. The van der Waals surface area contributed by atoms with Gasteiger partial charge in [-0.1, -0.05) is 6.42 Å². The number of hydrogen-bond acceptors (Lipinski definition) is 10. The van der Waals surface area contributed by atoms with Gasteiger partial charge < -0.3 is 0 Å². The van der Waals surface area contributed by atoms with Crippen LogP contribution in [-0.2, 0) is 47.7 Å². The first-order chi connectivity index (χ1) is 11.0. The summed E-state index contributed by atoms with van der Waals surface area (Å²) in [5, 5.41) is -2.04. The Labute approximate surface area is 150 Å². The lowest BCUT2D eigenvalue weighted by Crippen LogP contribution is -2.23. The maximum absolute atomic E-state index is 11.5. The summed E-state index contributed by atoms with van der Waals surface area (Å²) in [7, 11) is -17.1. The molecule has 0 aliphatic rings. The predicted molar refractivity (Wildman–Crippen MR) is 91.7 cm³/mol. The summed E-state index contributed by atoms with van der Waals surface area (Å²) in [5.41, 5.74) is 0. The van der Waals surface area contributed by atoms with Crippen LogP contribution in [0, 0.1) is 0 Å². The van der Waals surface area contributed by atoms with E-state index in [1.165, 1.54) is 27.7 Å². The molecule has 0 unspecified atom stereocenters. The van der Waals surface area contributed by atoms with Gasteiger partial charge in [0.15, 0.2) is 0 Å². The Morgan fingerprint density at radius 1 is 0.560 bits per heavy atom. The largest absolute Gasteiger partial charge is 0.284 e. The molecule has 0 aromatic rings. The molecule has 0 aromatic heterocycles. The van der Waals surface area contributed by atoms with Crippen molar-refractivity contribution in [3.05, 3.63) is 0 Å². The predicted octanol–water partition coefficient (Wildman–Crippen LogP) is 0.326. The second-order valence-electron chi connectivity index (χ2n) is 5.80. The Morgan fingerprint density at radius 2 is 0.840 bits per heavy atom. The first-order valence-electron chi connectivity index (χ1n) is 7.36. The molecular formula is C11H24O10S4. The molecule has 0 spiro atoms. The van der Waals surface area contributed by atoms with Gasteiger partial charge in [-0.3, -0.25) is 0 Å². The summed E-state index contributed by atoms with van der Waals surface area (Å²) >= 11 is 0. The van der Waals surface area contributed by atoms with E-state index in [0.717, 1.165) is 0 Å². The standard InChI is InChI=1S/C11H24O10S4/c1-10(2)24(16,17)20-22(12,13)8-6-5-7-9-23(14,15)21-25(18,19)11(3)4/h10-11H,5-9H2,1-4H3. The third kappa shape index (κ3) is 9.84. The molecule has 25 heavy (non-hydrogen) atoms. The van der Waals surface area contributed by atoms with E-state index < -0.39 is 62.5 Å². The molecule has 0 aromatic carbocycles. The Hall–Kier alpha value is -0.280. The van der Waals surface area contributed by atoms with E-state index in [1.54, 1.807) is 0 Å². The van der Waals surface area contributed by atoms with Crippen molar-refractivity contribution in [2.45, 2.75) is 57.5 Å². The van der Waals surface area contributed by atoms with Crippen molar-refractivity contribution in [3.8, 4) is 0 Å². The van der Waals surface area contributed by atoms with Crippen molar-refractivity contribution in [3.63, 3.8) is 0 Å². The molecule has 0 bridgehead atoms. The maximum Gasteiger partial charge on any atom is 0.284 e. The van der Waals surface area contributed by atoms with Gasteiger partial charge in [-0.05, 0) is 40.5 Å². The molecule has 0 atom stereocenters. The van der Waals surface area contributed by atoms with Crippen LogP contribution in [0.4, 0.5) is 0 Å². The molecule has 0 saturated carbocycles. The van der Waals surface area contributed by atoms with Gasteiger partial charge in [-0.15, -0.1) is 7.26 Å². The SMILES string of the molecule is CC(C)S(=O)(=O)OS(=O)(=O)CCCCCS(=O)(=O)OS(=O)(=O)C(C)C. The fourth-order valence-corrected chi connectivity index (χ4v) is 6.48. The van der Waals surface area contributed by atoms with Gasteiger partial charge in [0.25, 0.3) is 40.5 Å². The highest BCUT2D eigenvalue weighted by Gasteiger charge is 2.27. The molecule has 14 heteroatoms. The molecular weight excluding hydrogens is 420 g/mol. The highest BCUT2D eigenvalue weighted by Crippen LogP contribution is 2.13. The first-order valence-corrected chi connectivity index (χ1v) is 13.5. The van der Waals surface area contributed by atoms with Crippen LogP contribution >= 0.6 is 0 Å². The van der Waals surface area contributed by atoms with Gasteiger partial charge in [-0.2, -0.15) is 33.7 Å². The minimum Gasteiger partial charge on any atom is -0.198 e. The monoisotopic (exact) mass is 444 g/mol. The Kier molecular flexibility index (Phi) is 8.98. The normalized spacial score (nSPS) is 14.3. The van der Waals surface area contributed by atoms with Crippen LogP contribution in [0.1, 0.15) is 47.0 Å². The van der Waals surface area contributed by atoms with Crippen LogP contribution in [0.5, 0.6) is 0 Å². The average Bonchev–Trinajstić information content (AvgIpc) is 2.34. The zero-order valence-electron chi connectivity index (χ0n) is 14.4. The number of hydrogen-bond donors (Lipinski definition) is 0. The van der Waals surface area contributed by atoms with Gasteiger partial charge in [0, 0.05) is 0 Å². The van der Waals surface area contributed by atoms with Crippen LogP contribution in [0.3, 0.4) is 0 Å². The Balaban J connectivity index is 4.43. The zero-order valence-corrected chi connectivity index (χ0v) is 17.7. The van der Waals surface area contributed by atoms with Crippen LogP contribution < -0.4 is 0 Å². The van der Waals surface area contributed by atoms with Gasteiger partial charge in [0.05, 0.1) is 22.0 Å². The van der Waals surface area contributed by atoms with E-state index in [2.05, 4.69) is 7.26 Å². The number of unbranched alkanes of at least 4 members (excludes halogenated alkanes) is 2. The van der Waals surface area contributed by atoms with Gasteiger partial charge >= 0.3 is 0 Å². The highest BCUT2D eigenvalue weighted by atomic mass is 32.3. The topological polar surface area (TPSA) is 155 Å². The highest BCUT2D eigenvalue weighted by molar-refractivity contribution is 8.00. The summed E-state index contributed by atoms with van der Waals surface area (Å²) in [4.78, 5) is 0. The summed E-state index contributed by atoms with van der Waals surface area (Å²) in [6.45, 7) is 5.06. The second kappa shape index (κ2) is 9.08. The van der Waals surface area contributed by atoms with Gasteiger partial charge in [-0.25, -0.2) is 0 Å².